The van der Waals surface area contributed by atoms with E-state index in [0.717, 1.165) is 39.6 Å². The molecule has 0 aliphatic carbocycles. The van der Waals surface area contributed by atoms with Crippen molar-refractivity contribution < 1.29 is 0 Å². The maximum Gasteiger partial charge on any atom is 0.297 e. The molecule has 0 aliphatic heterocycles. The molecule has 0 N–H and O–H groups in total. The predicted octanol–water partition coefficient (Wildman–Crippen LogP) is 7.01. The van der Waals surface area contributed by atoms with Crippen molar-refractivity contribution in [3.63, 3.8) is 0 Å². The van der Waals surface area contributed by atoms with Crippen LogP contribution in [0.25, 0.3) is 22.6 Å². The summed E-state index contributed by atoms with van der Waals surface area (Å²) in [5.41, 5.74) is 5.90. The van der Waals surface area contributed by atoms with Gasteiger partial charge in [0.1, 0.15) is 0 Å². The number of imidazole rings is 1. The molecule has 210 valence electrons. The Balaban J connectivity index is 1.51. The van der Waals surface area contributed by atoms with Crippen LogP contribution in [0.4, 0.5) is 5.69 Å². The van der Waals surface area contributed by atoms with E-state index in [1.807, 2.05) is 102 Å². The fourth-order valence-corrected chi connectivity index (χ4v) is 5.73. The summed E-state index contributed by atoms with van der Waals surface area (Å²) in [6.07, 6.45) is 5.39. The van der Waals surface area contributed by atoms with Gasteiger partial charge in [-0.15, -0.1) is 11.3 Å². The van der Waals surface area contributed by atoms with E-state index in [4.69, 9.17) is 33.3 Å². The fourth-order valence-electron chi connectivity index (χ4n) is 4.60. The Bertz CT molecular complexity index is 2050. The van der Waals surface area contributed by atoms with Crippen molar-refractivity contribution in [2.75, 3.05) is 0 Å². The molecule has 6 rings (SSSR count). The maximum absolute atomic E-state index is 13.6. The first kappa shape index (κ1) is 27.7. The molecule has 3 aromatic heterocycles. The zero-order valence-corrected chi connectivity index (χ0v) is 25.3. The molecule has 8 nitrogen and oxygen atoms in total. The molecule has 0 fully saturated rings. The number of halogens is 2. The first-order chi connectivity index (χ1) is 20.3. The van der Waals surface area contributed by atoms with Crippen LogP contribution in [-0.4, -0.2) is 29.3 Å². The molecule has 6 aromatic rings. The molecule has 0 amide bonds. The number of para-hydroxylation sites is 1. The van der Waals surface area contributed by atoms with E-state index in [0.29, 0.717) is 20.5 Å². The molecule has 0 unspecified atom stereocenters. The predicted molar refractivity (Wildman–Crippen MR) is 170 cm³/mol. The second-order valence-corrected chi connectivity index (χ2v) is 11.2. The summed E-state index contributed by atoms with van der Waals surface area (Å²) < 4.78 is 7.11. The molecule has 11 heteroatoms. The van der Waals surface area contributed by atoms with Crippen molar-refractivity contribution in [2.45, 2.75) is 13.8 Å². The Kier molecular flexibility index (Phi) is 7.55. The fraction of sp³-hybridized carbons (Fsp3) is 0.0968. The summed E-state index contributed by atoms with van der Waals surface area (Å²) >= 11 is 14.0. The minimum absolute atomic E-state index is 0.215. The Morgan fingerprint density at radius 1 is 0.952 bits per heavy atom. The molecule has 0 saturated carbocycles. The SMILES string of the molecule is CC(=Nn1c(-c2ccc(Cl)c(Cl)c2)csc1=Nc1c(C)n(C)n(-c2ccccc2)c1=O)c1ccc(-n2ccnc2)cc1. The minimum atomic E-state index is -0.215. The summed E-state index contributed by atoms with van der Waals surface area (Å²) in [5, 5.41) is 7.84. The highest BCUT2D eigenvalue weighted by molar-refractivity contribution is 7.07. The van der Waals surface area contributed by atoms with Crippen LogP contribution in [-0.2, 0) is 7.05 Å². The van der Waals surface area contributed by atoms with Crippen LogP contribution in [0.1, 0.15) is 18.2 Å². The monoisotopic (exact) mass is 613 g/mol. The molecule has 3 heterocycles. The number of nitrogens with zero attached hydrogens (tertiary/aromatic N) is 7. The third-order valence-electron chi connectivity index (χ3n) is 6.97. The number of thiazole rings is 1. The average molecular weight is 615 g/mol. The highest BCUT2D eigenvalue weighted by Gasteiger charge is 2.17. The molecule has 0 atom stereocenters. The number of benzene rings is 3. The van der Waals surface area contributed by atoms with Crippen molar-refractivity contribution >= 4 is 45.9 Å². The molecule has 42 heavy (non-hydrogen) atoms. The lowest BCUT2D eigenvalue weighted by molar-refractivity contribution is 0.630. The number of rotatable bonds is 6. The van der Waals surface area contributed by atoms with E-state index in [1.165, 1.54) is 11.3 Å². The normalized spacial score (nSPS) is 12.3. The first-order valence-electron chi connectivity index (χ1n) is 13.0. The van der Waals surface area contributed by atoms with Gasteiger partial charge in [-0.05, 0) is 55.8 Å². The van der Waals surface area contributed by atoms with E-state index >= 15 is 0 Å². The van der Waals surface area contributed by atoms with Gasteiger partial charge in [-0.2, -0.15) is 5.10 Å². The Morgan fingerprint density at radius 3 is 2.40 bits per heavy atom. The number of hydrogen-bond acceptors (Lipinski definition) is 5. The largest absolute Gasteiger partial charge is 0.306 e. The summed E-state index contributed by atoms with van der Waals surface area (Å²) in [4.78, 5) is 23.2. The number of hydrogen-bond donors (Lipinski definition) is 0. The second kappa shape index (κ2) is 11.4. The summed E-state index contributed by atoms with van der Waals surface area (Å²) in [6, 6.07) is 23.0. The first-order valence-corrected chi connectivity index (χ1v) is 14.6. The van der Waals surface area contributed by atoms with E-state index < -0.39 is 0 Å². The molecule has 0 radical (unpaired) electrons. The van der Waals surface area contributed by atoms with E-state index in [1.54, 1.807) is 34.0 Å². The second-order valence-electron chi connectivity index (χ2n) is 9.57. The van der Waals surface area contributed by atoms with E-state index in [2.05, 4.69) is 4.98 Å². The van der Waals surface area contributed by atoms with Crippen molar-refractivity contribution in [3.8, 4) is 22.6 Å². The molecule has 0 bridgehead atoms. The van der Waals surface area contributed by atoms with Crippen LogP contribution in [0.2, 0.25) is 10.0 Å². The Hall–Kier alpha value is -4.44. The van der Waals surface area contributed by atoms with Crippen LogP contribution >= 0.6 is 34.5 Å². The van der Waals surface area contributed by atoms with Crippen LogP contribution in [0.15, 0.2) is 112 Å². The highest BCUT2D eigenvalue weighted by atomic mass is 35.5. The smallest absolute Gasteiger partial charge is 0.297 e. The highest BCUT2D eigenvalue weighted by Crippen LogP contribution is 2.29. The third-order valence-corrected chi connectivity index (χ3v) is 8.52. The number of aromatic nitrogens is 5. The zero-order valence-electron chi connectivity index (χ0n) is 22.9. The van der Waals surface area contributed by atoms with Gasteiger partial charge in [-0.3, -0.25) is 9.48 Å². The van der Waals surface area contributed by atoms with Crippen LogP contribution in [0.5, 0.6) is 0 Å². The topological polar surface area (TPSA) is 74.4 Å². The third kappa shape index (κ3) is 5.18. The van der Waals surface area contributed by atoms with Crippen molar-refractivity contribution in [1.29, 1.82) is 0 Å². The summed E-state index contributed by atoms with van der Waals surface area (Å²) in [5.74, 6) is 0. The van der Waals surface area contributed by atoms with Gasteiger partial charge in [-0.1, -0.05) is 59.6 Å². The van der Waals surface area contributed by atoms with Gasteiger partial charge >= 0.3 is 0 Å². The molecular weight excluding hydrogens is 589 g/mol. The van der Waals surface area contributed by atoms with E-state index in [-0.39, 0.29) is 5.56 Å². The molecule has 0 aliphatic rings. The molecular formula is C31H25Cl2N7OS. The van der Waals surface area contributed by atoms with Gasteiger partial charge in [0.2, 0.25) is 4.80 Å². The minimum Gasteiger partial charge on any atom is -0.306 e. The van der Waals surface area contributed by atoms with Gasteiger partial charge in [0.05, 0.1) is 39.2 Å². The molecule has 0 saturated heterocycles. The summed E-state index contributed by atoms with van der Waals surface area (Å²) in [7, 11) is 1.85. The zero-order chi connectivity index (χ0) is 29.4. The Morgan fingerprint density at radius 2 is 1.71 bits per heavy atom. The summed E-state index contributed by atoms with van der Waals surface area (Å²) in [6.45, 7) is 3.82. The van der Waals surface area contributed by atoms with Crippen molar-refractivity contribution in [3.05, 3.63) is 133 Å². The van der Waals surface area contributed by atoms with Crippen molar-refractivity contribution in [1.82, 2.24) is 23.6 Å². The lowest BCUT2D eigenvalue weighted by Crippen LogP contribution is -2.20. The van der Waals surface area contributed by atoms with Crippen LogP contribution in [0.3, 0.4) is 0 Å². The Labute approximate surface area is 255 Å². The van der Waals surface area contributed by atoms with Crippen molar-refractivity contribution in [2.24, 2.45) is 17.1 Å². The van der Waals surface area contributed by atoms with Gasteiger partial charge in [0.25, 0.3) is 5.56 Å². The maximum atomic E-state index is 13.6. The molecule has 0 spiro atoms. The van der Waals surface area contributed by atoms with Gasteiger partial charge in [-0.25, -0.2) is 19.3 Å². The van der Waals surface area contributed by atoms with Gasteiger partial charge in [0.15, 0.2) is 5.69 Å². The molecule has 3 aromatic carbocycles. The quantitative estimate of drug-likeness (QED) is 0.189. The van der Waals surface area contributed by atoms with Crippen LogP contribution < -0.4 is 10.4 Å². The lowest BCUT2D eigenvalue weighted by atomic mass is 10.1. The van der Waals surface area contributed by atoms with E-state index in [9.17, 15) is 4.79 Å². The van der Waals surface area contributed by atoms with Crippen LogP contribution in [0, 0.1) is 6.92 Å². The lowest BCUT2D eigenvalue weighted by Gasteiger charge is -2.08. The average Bonchev–Trinajstić information content (AvgIpc) is 3.72. The standard InChI is InChI=1S/C31H25Cl2N7OS/c1-20(22-9-12-24(13-10-22)38-16-15-34-19-38)36-39-28(23-11-14-26(32)27(33)17-23)18-42-31(39)35-29-21(2)37(3)40(30(29)41)25-7-5-4-6-8-25/h4-19H,1-3H3. The van der Waals surface area contributed by atoms with Gasteiger partial charge < -0.3 is 4.57 Å². The van der Waals surface area contributed by atoms with Gasteiger partial charge in [0, 0.05) is 36.1 Å².